The molecule has 114 valence electrons. The molecule has 0 amide bonds. The highest BCUT2D eigenvalue weighted by molar-refractivity contribution is 6.31. The first-order valence-electron chi connectivity index (χ1n) is 6.58. The largest absolute Gasteiger partial charge is 0.405 e. The Hall–Kier alpha value is -0.940. The van der Waals surface area contributed by atoms with Crippen LogP contribution in [0.1, 0.15) is 25.8 Å². The average molecular weight is 309 g/mol. The smallest absolute Gasteiger partial charge is 0.363 e. The van der Waals surface area contributed by atoms with E-state index in [4.69, 9.17) is 17.3 Å². The molecule has 0 spiro atoms. The topological polar surface area (TPSA) is 29.3 Å². The lowest BCUT2D eigenvalue weighted by atomic mass is 10.1. The number of halogens is 4. The lowest BCUT2D eigenvalue weighted by molar-refractivity contribution is -0.119. The highest BCUT2D eigenvalue weighted by atomic mass is 35.5. The van der Waals surface area contributed by atoms with Crippen LogP contribution in [0.25, 0.3) is 0 Å². The Bertz CT molecular complexity index is 433. The highest BCUT2D eigenvalue weighted by Gasteiger charge is 2.30. The van der Waals surface area contributed by atoms with E-state index in [0.29, 0.717) is 30.1 Å². The summed E-state index contributed by atoms with van der Waals surface area (Å²) in [5.74, 6) is 0. The molecule has 2 nitrogen and oxygen atoms in total. The molecule has 1 atom stereocenters. The van der Waals surface area contributed by atoms with Gasteiger partial charge < -0.3 is 10.6 Å². The van der Waals surface area contributed by atoms with Gasteiger partial charge in [-0.25, -0.2) is 0 Å². The predicted molar refractivity (Wildman–Crippen MR) is 77.4 cm³/mol. The molecule has 0 fully saturated rings. The normalized spacial score (nSPS) is 13.3. The second kappa shape index (κ2) is 7.18. The van der Waals surface area contributed by atoms with Crippen molar-refractivity contribution in [3.8, 4) is 0 Å². The Morgan fingerprint density at radius 2 is 2.00 bits per heavy atom. The third kappa shape index (κ3) is 5.59. The van der Waals surface area contributed by atoms with Crippen LogP contribution >= 0.6 is 11.6 Å². The zero-order valence-corrected chi connectivity index (χ0v) is 12.4. The van der Waals surface area contributed by atoms with Gasteiger partial charge in [0, 0.05) is 23.3 Å². The third-order valence-electron chi connectivity index (χ3n) is 2.81. The predicted octanol–water partition coefficient (Wildman–Crippen LogP) is 4.01. The van der Waals surface area contributed by atoms with Gasteiger partial charge in [0.15, 0.2) is 0 Å². The minimum absolute atomic E-state index is 0.0414. The van der Waals surface area contributed by atoms with Crippen LogP contribution in [-0.4, -0.2) is 25.3 Å². The fourth-order valence-corrected chi connectivity index (χ4v) is 2.28. The van der Waals surface area contributed by atoms with Crippen molar-refractivity contribution in [3.05, 3.63) is 28.8 Å². The van der Waals surface area contributed by atoms with Crippen LogP contribution in [0.2, 0.25) is 5.02 Å². The summed E-state index contributed by atoms with van der Waals surface area (Å²) in [5.41, 5.74) is 7.05. The van der Waals surface area contributed by atoms with E-state index in [1.807, 2.05) is 13.8 Å². The summed E-state index contributed by atoms with van der Waals surface area (Å²) < 4.78 is 37.7. The molecule has 20 heavy (non-hydrogen) atoms. The number of nitrogens with two attached hydrogens (primary N) is 1. The molecule has 0 heterocycles. The van der Waals surface area contributed by atoms with Crippen LogP contribution in [0.3, 0.4) is 0 Å². The summed E-state index contributed by atoms with van der Waals surface area (Å²) in [7, 11) is 0. The molecule has 0 radical (unpaired) electrons. The van der Waals surface area contributed by atoms with Gasteiger partial charge in [-0.1, -0.05) is 24.6 Å². The highest BCUT2D eigenvalue weighted by Crippen LogP contribution is 2.27. The standard InChI is InChI=1S/C14H20ClF3N2/c1-3-6-20(9-14(16,17)18)12-5-4-11(7-10(2)19)13(15)8-12/h4-5,8,10H,3,6-7,9,19H2,1-2H3. The average Bonchev–Trinajstić information content (AvgIpc) is 2.29. The number of alkyl halides is 3. The minimum atomic E-state index is -4.23. The molecule has 2 N–H and O–H groups in total. The zero-order chi connectivity index (χ0) is 15.3. The van der Waals surface area contributed by atoms with Crippen molar-refractivity contribution in [2.45, 2.75) is 38.9 Å². The molecule has 0 saturated heterocycles. The number of benzene rings is 1. The van der Waals surface area contributed by atoms with Crippen molar-refractivity contribution < 1.29 is 13.2 Å². The molecular formula is C14H20ClF3N2. The van der Waals surface area contributed by atoms with Crippen molar-refractivity contribution in [2.24, 2.45) is 5.73 Å². The van der Waals surface area contributed by atoms with Crippen molar-refractivity contribution >= 4 is 17.3 Å². The molecule has 1 rings (SSSR count). The molecule has 1 unspecified atom stereocenters. The van der Waals surface area contributed by atoms with Gasteiger partial charge in [0.25, 0.3) is 0 Å². The van der Waals surface area contributed by atoms with E-state index in [0.717, 1.165) is 5.56 Å². The van der Waals surface area contributed by atoms with Crippen LogP contribution in [0, 0.1) is 0 Å². The molecule has 0 saturated carbocycles. The van der Waals surface area contributed by atoms with Crippen LogP contribution in [-0.2, 0) is 6.42 Å². The minimum Gasteiger partial charge on any atom is -0.363 e. The maximum Gasteiger partial charge on any atom is 0.405 e. The summed E-state index contributed by atoms with van der Waals surface area (Å²) in [5, 5.41) is 0.461. The molecule has 0 aliphatic rings. The maximum absolute atomic E-state index is 12.6. The number of anilines is 1. The first-order valence-corrected chi connectivity index (χ1v) is 6.96. The Kier molecular flexibility index (Phi) is 6.14. The van der Waals surface area contributed by atoms with E-state index in [-0.39, 0.29) is 6.04 Å². The van der Waals surface area contributed by atoms with Gasteiger partial charge in [-0.15, -0.1) is 0 Å². The molecule has 0 aromatic heterocycles. The van der Waals surface area contributed by atoms with E-state index in [1.54, 1.807) is 18.2 Å². The fourth-order valence-electron chi connectivity index (χ4n) is 2.03. The second-order valence-corrected chi connectivity index (χ2v) is 5.40. The Balaban J connectivity index is 2.94. The summed E-state index contributed by atoms with van der Waals surface area (Å²) >= 11 is 6.13. The van der Waals surface area contributed by atoms with Crippen LogP contribution in [0.5, 0.6) is 0 Å². The van der Waals surface area contributed by atoms with Crippen molar-refractivity contribution in [3.63, 3.8) is 0 Å². The molecular weight excluding hydrogens is 289 g/mol. The number of rotatable bonds is 6. The van der Waals surface area contributed by atoms with Gasteiger partial charge in [0.2, 0.25) is 0 Å². The Labute approximate surface area is 122 Å². The lowest BCUT2D eigenvalue weighted by Gasteiger charge is -2.26. The molecule has 1 aromatic rings. The van der Waals surface area contributed by atoms with Crippen molar-refractivity contribution in [1.29, 1.82) is 0 Å². The quantitative estimate of drug-likeness (QED) is 0.860. The summed E-state index contributed by atoms with van der Waals surface area (Å²) in [6.45, 7) is 3.07. The second-order valence-electron chi connectivity index (χ2n) is 4.99. The lowest BCUT2D eigenvalue weighted by Crippen LogP contribution is -2.34. The molecule has 0 aliphatic carbocycles. The summed E-state index contributed by atoms with van der Waals surface area (Å²) in [6.07, 6.45) is -2.99. The van der Waals surface area contributed by atoms with Gasteiger partial charge in [-0.05, 0) is 37.5 Å². The maximum atomic E-state index is 12.6. The van der Waals surface area contributed by atoms with Crippen LogP contribution in [0.15, 0.2) is 18.2 Å². The molecule has 0 bridgehead atoms. The van der Waals surface area contributed by atoms with Crippen LogP contribution in [0.4, 0.5) is 18.9 Å². The third-order valence-corrected chi connectivity index (χ3v) is 3.16. The van der Waals surface area contributed by atoms with Gasteiger partial charge in [0.1, 0.15) is 6.54 Å². The SMILES string of the molecule is CCCN(CC(F)(F)F)c1ccc(CC(C)N)c(Cl)c1. The van der Waals surface area contributed by atoms with Crippen molar-refractivity contribution in [2.75, 3.05) is 18.0 Å². The molecule has 6 heteroatoms. The summed E-state index contributed by atoms with van der Waals surface area (Å²) in [4.78, 5) is 1.29. The fraction of sp³-hybridized carbons (Fsp3) is 0.571. The van der Waals surface area contributed by atoms with E-state index < -0.39 is 12.7 Å². The number of hydrogen-bond acceptors (Lipinski definition) is 2. The zero-order valence-electron chi connectivity index (χ0n) is 11.7. The van der Waals surface area contributed by atoms with E-state index in [2.05, 4.69) is 0 Å². The Morgan fingerprint density at radius 1 is 1.35 bits per heavy atom. The Morgan fingerprint density at radius 3 is 2.45 bits per heavy atom. The van der Waals surface area contributed by atoms with Gasteiger partial charge in [-0.2, -0.15) is 13.2 Å². The van der Waals surface area contributed by atoms with E-state index >= 15 is 0 Å². The van der Waals surface area contributed by atoms with E-state index in [9.17, 15) is 13.2 Å². The van der Waals surface area contributed by atoms with Crippen LogP contribution < -0.4 is 10.6 Å². The first kappa shape index (κ1) is 17.1. The van der Waals surface area contributed by atoms with E-state index in [1.165, 1.54) is 4.90 Å². The molecule has 0 aliphatic heterocycles. The first-order chi connectivity index (χ1) is 9.23. The van der Waals surface area contributed by atoms with Crippen molar-refractivity contribution in [1.82, 2.24) is 0 Å². The molecule has 1 aromatic carbocycles. The summed E-state index contributed by atoms with van der Waals surface area (Å²) in [6, 6.07) is 4.96. The van der Waals surface area contributed by atoms with Gasteiger partial charge in [0.05, 0.1) is 0 Å². The van der Waals surface area contributed by atoms with Gasteiger partial charge >= 0.3 is 6.18 Å². The number of nitrogens with zero attached hydrogens (tertiary/aromatic N) is 1. The van der Waals surface area contributed by atoms with Gasteiger partial charge in [-0.3, -0.25) is 0 Å². The monoisotopic (exact) mass is 308 g/mol. The number of hydrogen-bond donors (Lipinski definition) is 1.